The molecule has 1 aliphatic heterocycles. The number of nitrogens with two attached hydrogens (primary N) is 1. The van der Waals surface area contributed by atoms with Crippen LogP contribution in [0.25, 0.3) is 0 Å². The van der Waals surface area contributed by atoms with Crippen molar-refractivity contribution in [2.45, 2.75) is 58.4 Å². The topological polar surface area (TPSA) is 83.6 Å². The van der Waals surface area contributed by atoms with E-state index in [2.05, 4.69) is 6.92 Å². The standard InChI is InChI=1S/C15H28N2O3/c1-3-12(6-8-16)4-5-14(18)17-9-7-11(2)10-13(17)15(19)20/h11-13H,3-10,16H2,1-2H3,(H,19,20). The molecule has 116 valence electrons. The quantitative estimate of drug-likeness (QED) is 0.747. The van der Waals surface area contributed by atoms with E-state index in [1.165, 1.54) is 0 Å². The molecule has 1 amide bonds. The first-order valence-corrected chi connectivity index (χ1v) is 7.71. The number of likely N-dealkylation sites (tertiary alicyclic amines) is 1. The summed E-state index contributed by atoms with van der Waals surface area (Å²) >= 11 is 0. The van der Waals surface area contributed by atoms with E-state index in [0.29, 0.717) is 37.8 Å². The van der Waals surface area contributed by atoms with Gasteiger partial charge in [-0.3, -0.25) is 4.79 Å². The van der Waals surface area contributed by atoms with E-state index in [1.807, 2.05) is 6.92 Å². The van der Waals surface area contributed by atoms with Crippen molar-refractivity contribution < 1.29 is 14.7 Å². The number of rotatable bonds is 7. The highest BCUT2D eigenvalue weighted by Crippen LogP contribution is 2.24. The van der Waals surface area contributed by atoms with Gasteiger partial charge < -0.3 is 15.7 Å². The Morgan fingerprint density at radius 3 is 2.65 bits per heavy atom. The minimum atomic E-state index is -0.876. The lowest BCUT2D eigenvalue weighted by atomic mass is 9.91. The lowest BCUT2D eigenvalue weighted by Gasteiger charge is -2.36. The highest BCUT2D eigenvalue weighted by atomic mass is 16.4. The molecular formula is C15H28N2O3. The number of carbonyl (C=O) groups excluding carboxylic acids is 1. The van der Waals surface area contributed by atoms with Crippen LogP contribution >= 0.6 is 0 Å². The number of carbonyl (C=O) groups is 2. The zero-order valence-corrected chi connectivity index (χ0v) is 12.7. The largest absolute Gasteiger partial charge is 0.480 e. The summed E-state index contributed by atoms with van der Waals surface area (Å²) in [5.41, 5.74) is 5.56. The van der Waals surface area contributed by atoms with Crippen LogP contribution in [-0.4, -0.2) is 41.0 Å². The molecule has 1 fully saturated rings. The summed E-state index contributed by atoms with van der Waals surface area (Å²) < 4.78 is 0. The van der Waals surface area contributed by atoms with Gasteiger partial charge in [0.05, 0.1) is 0 Å². The lowest BCUT2D eigenvalue weighted by Crippen LogP contribution is -2.49. The monoisotopic (exact) mass is 284 g/mol. The molecule has 20 heavy (non-hydrogen) atoms. The third-order valence-electron chi connectivity index (χ3n) is 4.39. The molecule has 5 nitrogen and oxygen atoms in total. The van der Waals surface area contributed by atoms with E-state index in [1.54, 1.807) is 4.90 Å². The van der Waals surface area contributed by atoms with Crippen molar-refractivity contribution in [2.24, 2.45) is 17.6 Å². The molecule has 0 bridgehead atoms. The fraction of sp³-hybridized carbons (Fsp3) is 0.867. The molecule has 1 rings (SSSR count). The molecule has 0 saturated carbocycles. The van der Waals surface area contributed by atoms with Crippen LogP contribution in [0.15, 0.2) is 0 Å². The molecule has 3 atom stereocenters. The second-order valence-corrected chi connectivity index (χ2v) is 5.96. The van der Waals surface area contributed by atoms with E-state index >= 15 is 0 Å². The van der Waals surface area contributed by atoms with Gasteiger partial charge in [-0.2, -0.15) is 0 Å². The molecule has 0 aromatic rings. The molecule has 0 spiro atoms. The average molecular weight is 284 g/mol. The van der Waals surface area contributed by atoms with Crippen molar-refractivity contribution in [3.05, 3.63) is 0 Å². The Balaban J connectivity index is 2.54. The highest BCUT2D eigenvalue weighted by molar-refractivity contribution is 5.83. The summed E-state index contributed by atoms with van der Waals surface area (Å²) in [7, 11) is 0. The van der Waals surface area contributed by atoms with Gasteiger partial charge in [-0.15, -0.1) is 0 Å². The number of aliphatic carboxylic acids is 1. The Hall–Kier alpha value is -1.10. The molecular weight excluding hydrogens is 256 g/mol. The predicted molar refractivity (Wildman–Crippen MR) is 78.2 cm³/mol. The van der Waals surface area contributed by atoms with E-state index < -0.39 is 12.0 Å². The first-order valence-electron chi connectivity index (χ1n) is 7.71. The van der Waals surface area contributed by atoms with Gasteiger partial charge >= 0.3 is 5.97 Å². The Bertz CT molecular complexity index is 333. The van der Waals surface area contributed by atoms with Crippen LogP contribution in [0.4, 0.5) is 0 Å². The minimum absolute atomic E-state index is 0.0141. The number of hydrogen-bond acceptors (Lipinski definition) is 3. The van der Waals surface area contributed by atoms with Crippen molar-refractivity contribution in [3.63, 3.8) is 0 Å². The van der Waals surface area contributed by atoms with Crippen molar-refractivity contribution in [3.8, 4) is 0 Å². The van der Waals surface area contributed by atoms with Gasteiger partial charge in [-0.1, -0.05) is 20.3 Å². The fourth-order valence-corrected chi connectivity index (χ4v) is 2.93. The van der Waals surface area contributed by atoms with E-state index in [9.17, 15) is 14.7 Å². The lowest BCUT2D eigenvalue weighted by molar-refractivity contribution is -0.153. The molecule has 1 aliphatic rings. The van der Waals surface area contributed by atoms with Gasteiger partial charge in [0, 0.05) is 13.0 Å². The van der Waals surface area contributed by atoms with Gasteiger partial charge in [-0.25, -0.2) is 4.79 Å². The van der Waals surface area contributed by atoms with Crippen molar-refractivity contribution in [1.82, 2.24) is 4.90 Å². The number of piperidine rings is 1. The number of nitrogens with zero attached hydrogens (tertiary/aromatic N) is 1. The summed E-state index contributed by atoms with van der Waals surface area (Å²) in [6.07, 6.45) is 4.67. The smallest absolute Gasteiger partial charge is 0.326 e. The van der Waals surface area contributed by atoms with Crippen molar-refractivity contribution >= 4 is 11.9 Å². The van der Waals surface area contributed by atoms with E-state index in [0.717, 1.165) is 25.7 Å². The van der Waals surface area contributed by atoms with Crippen molar-refractivity contribution in [1.29, 1.82) is 0 Å². The normalized spacial score (nSPS) is 24.4. The summed E-state index contributed by atoms with van der Waals surface area (Å²) in [6.45, 7) is 5.37. The zero-order chi connectivity index (χ0) is 15.1. The van der Waals surface area contributed by atoms with Gasteiger partial charge in [0.15, 0.2) is 0 Å². The molecule has 1 saturated heterocycles. The number of hydrogen-bond donors (Lipinski definition) is 2. The van der Waals surface area contributed by atoms with E-state index in [-0.39, 0.29) is 5.91 Å². The van der Waals surface area contributed by atoms with Crippen LogP contribution in [0.3, 0.4) is 0 Å². The summed E-state index contributed by atoms with van der Waals surface area (Å²) in [6, 6.07) is -0.638. The maximum absolute atomic E-state index is 12.3. The maximum atomic E-state index is 12.3. The zero-order valence-electron chi connectivity index (χ0n) is 12.7. The van der Waals surface area contributed by atoms with Gasteiger partial charge in [0.25, 0.3) is 0 Å². The molecule has 0 aromatic carbocycles. The Labute approximate surface area is 121 Å². The number of carboxylic acid groups (broad SMARTS) is 1. The summed E-state index contributed by atoms with van der Waals surface area (Å²) in [5, 5.41) is 9.27. The molecule has 3 unspecified atom stereocenters. The summed E-state index contributed by atoms with van der Waals surface area (Å²) in [5.74, 6) is -0.0459. The molecule has 0 radical (unpaired) electrons. The third-order valence-corrected chi connectivity index (χ3v) is 4.39. The Morgan fingerprint density at radius 1 is 1.40 bits per heavy atom. The van der Waals surface area contributed by atoms with Crippen LogP contribution in [0.5, 0.6) is 0 Å². The van der Waals surface area contributed by atoms with Gasteiger partial charge in [0.2, 0.25) is 5.91 Å². The van der Waals surface area contributed by atoms with Crippen LogP contribution in [0, 0.1) is 11.8 Å². The molecule has 0 aliphatic carbocycles. The minimum Gasteiger partial charge on any atom is -0.480 e. The first-order chi connectivity index (χ1) is 9.49. The summed E-state index contributed by atoms with van der Waals surface area (Å²) in [4.78, 5) is 25.1. The Morgan fingerprint density at radius 2 is 2.10 bits per heavy atom. The number of amides is 1. The maximum Gasteiger partial charge on any atom is 0.326 e. The Kier molecular flexibility index (Phi) is 6.99. The van der Waals surface area contributed by atoms with Crippen molar-refractivity contribution in [2.75, 3.05) is 13.1 Å². The predicted octanol–water partition coefficient (Wildman–Crippen LogP) is 1.85. The molecule has 0 aromatic heterocycles. The van der Waals surface area contributed by atoms with Crippen LogP contribution in [-0.2, 0) is 9.59 Å². The van der Waals surface area contributed by atoms with Crippen LogP contribution in [0.1, 0.15) is 52.4 Å². The molecule has 5 heteroatoms. The number of carboxylic acids is 1. The SMILES string of the molecule is CCC(CCN)CCC(=O)N1CCC(C)CC1C(=O)O. The second kappa shape index (κ2) is 8.25. The third kappa shape index (κ3) is 4.78. The van der Waals surface area contributed by atoms with Gasteiger partial charge in [0.1, 0.15) is 6.04 Å². The molecule has 3 N–H and O–H groups in total. The van der Waals surface area contributed by atoms with Gasteiger partial charge in [-0.05, 0) is 44.1 Å². The molecule has 1 heterocycles. The van der Waals surface area contributed by atoms with Crippen LogP contribution < -0.4 is 5.73 Å². The van der Waals surface area contributed by atoms with E-state index in [4.69, 9.17) is 5.73 Å². The first kappa shape index (κ1) is 17.0. The average Bonchev–Trinajstić information content (AvgIpc) is 2.42. The fourth-order valence-electron chi connectivity index (χ4n) is 2.93. The highest BCUT2D eigenvalue weighted by Gasteiger charge is 2.34. The van der Waals surface area contributed by atoms with Crippen LogP contribution in [0.2, 0.25) is 0 Å². The second-order valence-electron chi connectivity index (χ2n) is 5.96.